The van der Waals surface area contributed by atoms with Crippen LogP contribution in [0.25, 0.3) is 10.4 Å². The Hall–Kier alpha value is -2.41. The summed E-state index contributed by atoms with van der Waals surface area (Å²) in [7, 11) is 0. The van der Waals surface area contributed by atoms with Crippen molar-refractivity contribution in [2.75, 3.05) is 19.7 Å². The number of rotatable bonds is 6. The number of hydrogen-bond donors (Lipinski definition) is 2. The number of benzene rings is 1. The van der Waals surface area contributed by atoms with Crippen molar-refractivity contribution < 1.29 is 18.7 Å². The van der Waals surface area contributed by atoms with E-state index >= 15 is 0 Å². The predicted octanol–water partition coefficient (Wildman–Crippen LogP) is 3.34. The molecule has 7 heteroatoms. The van der Waals surface area contributed by atoms with Gasteiger partial charge in [-0.05, 0) is 43.2 Å². The van der Waals surface area contributed by atoms with Gasteiger partial charge in [0.25, 0.3) is 5.91 Å². The second-order valence-corrected chi connectivity index (χ2v) is 6.09. The molecule has 0 aliphatic rings. The molecular formula is C17H19FN2O3S. The van der Waals surface area contributed by atoms with Crippen LogP contribution in [0.2, 0.25) is 0 Å². The topological polar surface area (TPSA) is 67.4 Å². The summed E-state index contributed by atoms with van der Waals surface area (Å²) in [4.78, 5) is 24.8. The summed E-state index contributed by atoms with van der Waals surface area (Å²) >= 11 is 1.35. The van der Waals surface area contributed by atoms with Gasteiger partial charge in [-0.25, -0.2) is 9.18 Å². The van der Waals surface area contributed by atoms with Gasteiger partial charge in [0.15, 0.2) is 0 Å². The van der Waals surface area contributed by atoms with Crippen LogP contribution in [-0.2, 0) is 4.74 Å². The molecule has 0 saturated carbocycles. The first-order valence-electron chi connectivity index (χ1n) is 7.56. The fourth-order valence-corrected chi connectivity index (χ4v) is 3.19. The second kappa shape index (κ2) is 8.44. The highest BCUT2D eigenvalue weighted by molar-refractivity contribution is 7.17. The fourth-order valence-electron chi connectivity index (χ4n) is 2.09. The molecule has 24 heavy (non-hydrogen) atoms. The number of aryl methyl sites for hydroxylation is 1. The first kappa shape index (κ1) is 17.9. The van der Waals surface area contributed by atoms with E-state index in [2.05, 4.69) is 10.6 Å². The monoisotopic (exact) mass is 350 g/mol. The number of carbonyl (C=O) groups is 2. The lowest BCUT2D eigenvalue weighted by atomic mass is 10.1. The minimum atomic E-state index is -0.502. The van der Waals surface area contributed by atoms with E-state index in [0.717, 1.165) is 16.0 Å². The van der Waals surface area contributed by atoms with Crippen molar-refractivity contribution >= 4 is 23.3 Å². The molecule has 0 bridgehead atoms. The van der Waals surface area contributed by atoms with Crippen molar-refractivity contribution in [3.05, 3.63) is 46.6 Å². The molecule has 0 aliphatic heterocycles. The minimum absolute atomic E-state index is 0.206. The van der Waals surface area contributed by atoms with Crippen LogP contribution >= 0.6 is 11.3 Å². The van der Waals surface area contributed by atoms with E-state index in [1.54, 1.807) is 25.1 Å². The van der Waals surface area contributed by atoms with E-state index in [1.165, 1.54) is 23.5 Å². The largest absolute Gasteiger partial charge is 0.450 e. The maximum Gasteiger partial charge on any atom is 0.407 e. The van der Waals surface area contributed by atoms with E-state index in [9.17, 15) is 14.0 Å². The molecule has 1 heterocycles. The summed E-state index contributed by atoms with van der Waals surface area (Å²) in [6.45, 7) is 4.53. The first-order valence-corrected chi connectivity index (χ1v) is 8.38. The molecule has 0 radical (unpaired) electrons. The van der Waals surface area contributed by atoms with Gasteiger partial charge in [-0.3, -0.25) is 4.79 Å². The fraction of sp³-hybridized carbons (Fsp3) is 0.294. The quantitative estimate of drug-likeness (QED) is 0.785. The molecule has 5 nitrogen and oxygen atoms in total. The van der Waals surface area contributed by atoms with Gasteiger partial charge in [-0.1, -0.05) is 12.1 Å². The molecule has 0 saturated heterocycles. The number of ether oxygens (including phenoxy) is 1. The van der Waals surface area contributed by atoms with Crippen molar-refractivity contribution in [3.8, 4) is 10.4 Å². The Labute approximate surface area is 143 Å². The van der Waals surface area contributed by atoms with Crippen LogP contribution in [0.4, 0.5) is 9.18 Å². The summed E-state index contributed by atoms with van der Waals surface area (Å²) in [5, 5.41) is 5.27. The zero-order valence-corrected chi connectivity index (χ0v) is 14.3. The Morgan fingerprint density at radius 1 is 1.17 bits per heavy atom. The third kappa shape index (κ3) is 4.79. The molecule has 0 fully saturated rings. The van der Waals surface area contributed by atoms with Crippen molar-refractivity contribution in [1.82, 2.24) is 10.6 Å². The Bertz CT molecular complexity index is 713. The van der Waals surface area contributed by atoms with Gasteiger partial charge in [0, 0.05) is 18.0 Å². The predicted molar refractivity (Wildman–Crippen MR) is 91.8 cm³/mol. The van der Waals surface area contributed by atoms with Crippen molar-refractivity contribution in [2.45, 2.75) is 13.8 Å². The average molecular weight is 350 g/mol. The number of thiophene rings is 1. The van der Waals surface area contributed by atoms with Gasteiger partial charge in [0.05, 0.1) is 11.5 Å². The van der Waals surface area contributed by atoms with Gasteiger partial charge < -0.3 is 15.4 Å². The lowest BCUT2D eigenvalue weighted by Crippen LogP contribution is -2.34. The van der Waals surface area contributed by atoms with Gasteiger partial charge in [0.1, 0.15) is 5.82 Å². The molecule has 2 rings (SSSR count). The summed E-state index contributed by atoms with van der Waals surface area (Å²) in [6, 6.07) is 7.99. The summed E-state index contributed by atoms with van der Waals surface area (Å²) < 4.78 is 17.7. The van der Waals surface area contributed by atoms with E-state index < -0.39 is 6.09 Å². The lowest BCUT2D eigenvalue weighted by Gasteiger charge is -2.06. The first-order chi connectivity index (χ1) is 11.5. The number of halogens is 1. The highest BCUT2D eigenvalue weighted by Crippen LogP contribution is 2.32. The number of alkyl carbamates (subject to hydrolysis) is 1. The smallest absolute Gasteiger partial charge is 0.407 e. The Morgan fingerprint density at radius 3 is 2.50 bits per heavy atom. The van der Waals surface area contributed by atoms with Crippen LogP contribution in [0, 0.1) is 12.7 Å². The second-order valence-electron chi connectivity index (χ2n) is 5.03. The van der Waals surface area contributed by atoms with E-state index in [0.29, 0.717) is 24.6 Å². The lowest BCUT2D eigenvalue weighted by molar-refractivity contribution is 0.0956. The van der Waals surface area contributed by atoms with Gasteiger partial charge in [-0.2, -0.15) is 0 Å². The molecule has 2 amide bonds. The Balaban J connectivity index is 1.93. The van der Waals surface area contributed by atoms with Crippen molar-refractivity contribution in [2.24, 2.45) is 0 Å². The Kier molecular flexibility index (Phi) is 6.31. The van der Waals surface area contributed by atoms with E-state index in [-0.39, 0.29) is 11.7 Å². The van der Waals surface area contributed by atoms with E-state index in [4.69, 9.17) is 4.74 Å². The maximum absolute atomic E-state index is 13.0. The van der Waals surface area contributed by atoms with Crippen LogP contribution in [0.5, 0.6) is 0 Å². The standard InChI is InChI=1S/C17H19FN2O3S/c1-3-23-17(22)20-9-8-19-16(21)14-10-11(2)15(24-14)12-4-6-13(18)7-5-12/h4-7,10H,3,8-9H2,1-2H3,(H,19,21)(H,20,22). The molecular weight excluding hydrogens is 331 g/mol. The number of nitrogens with one attached hydrogen (secondary N) is 2. The highest BCUT2D eigenvalue weighted by atomic mass is 32.1. The molecule has 0 aliphatic carbocycles. The third-order valence-corrected chi connectivity index (χ3v) is 4.49. The zero-order chi connectivity index (χ0) is 17.5. The zero-order valence-electron chi connectivity index (χ0n) is 13.5. The minimum Gasteiger partial charge on any atom is -0.450 e. The molecule has 0 atom stereocenters. The molecule has 0 unspecified atom stereocenters. The van der Waals surface area contributed by atoms with Crippen LogP contribution in [0.15, 0.2) is 30.3 Å². The molecule has 2 N–H and O–H groups in total. The highest BCUT2D eigenvalue weighted by Gasteiger charge is 2.13. The number of carbonyl (C=O) groups excluding carboxylic acids is 2. The number of amides is 2. The molecule has 128 valence electrons. The average Bonchev–Trinajstić information content (AvgIpc) is 2.94. The summed E-state index contributed by atoms with van der Waals surface area (Å²) in [5.74, 6) is -0.498. The van der Waals surface area contributed by atoms with Gasteiger partial charge >= 0.3 is 6.09 Å². The van der Waals surface area contributed by atoms with Crippen LogP contribution in [-0.4, -0.2) is 31.7 Å². The van der Waals surface area contributed by atoms with Gasteiger partial charge in [0.2, 0.25) is 0 Å². The Morgan fingerprint density at radius 2 is 1.83 bits per heavy atom. The third-order valence-electron chi connectivity index (χ3n) is 3.20. The van der Waals surface area contributed by atoms with Crippen molar-refractivity contribution in [1.29, 1.82) is 0 Å². The molecule has 1 aromatic carbocycles. The summed E-state index contributed by atoms with van der Waals surface area (Å²) in [5.41, 5.74) is 1.84. The molecule has 0 spiro atoms. The van der Waals surface area contributed by atoms with Crippen LogP contribution in [0.3, 0.4) is 0 Å². The molecule has 2 aromatic rings. The normalized spacial score (nSPS) is 10.3. The number of hydrogen-bond acceptors (Lipinski definition) is 4. The SMILES string of the molecule is CCOC(=O)NCCNC(=O)c1cc(C)c(-c2ccc(F)cc2)s1. The van der Waals surface area contributed by atoms with Crippen LogP contribution in [0.1, 0.15) is 22.2 Å². The van der Waals surface area contributed by atoms with Crippen molar-refractivity contribution in [3.63, 3.8) is 0 Å². The van der Waals surface area contributed by atoms with Gasteiger partial charge in [-0.15, -0.1) is 11.3 Å². The summed E-state index contributed by atoms with van der Waals surface area (Å²) in [6.07, 6.45) is -0.502. The molecule has 1 aromatic heterocycles. The van der Waals surface area contributed by atoms with E-state index in [1.807, 2.05) is 6.92 Å². The maximum atomic E-state index is 13.0. The van der Waals surface area contributed by atoms with Crippen LogP contribution < -0.4 is 10.6 Å².